The van der Waals surface area contributed by atoms with Crippen molar-refractivity contribution in [3.8, 4) is 57.5 Å². The summed E-state index contributed by atoms with van der Waals surface area (Å²) >= 11 is 0. The van der Waals surface area contributed by atoms with Crippen LogP contribution in [0.1, 0.15) is 17.2 Å². The first-order valence-corrected chi connectivity index (χ1v) is 9.00. The fraction of sp³-hybridized carbons (Fsp3) is 0.333. The number of fused-ring (bicyclic) bond motifs is 1. The number of aromatic hydroxyl groups is 9. The molecule has 1 unspecified atom stereocenters. The van der Waals surface area contributed by atoms with Gasteiger partial charge in [-0.1, -0.05) is 0 Å². The second-order valence-electron chi connectivity index (χ2n) is 7.27. The number of nitrogens with zero attached hydrogens (tertiary/aromatic N) is 1. The van der Waals surface area contributed by atoms with E-state index in [1.165, 1.54) is 11.9 Å². The van der Waals surface area contributed by atoms with Crippen LogP contribution in [0.3, 0.4) is 0 Å². The molecular weight excluding hydrogens is 436 g/mol. The Labute approximate surface area is 179 Å². The maximum absolute atomic E-state index is 10.5. The van der Waals surface area contributed by atoms with Crippen molar-refractivity contribution in [2.75, 3.05) is 26.7 Å². The van der Waals surface area contributed by atoms with Gasteiger partial charge in [0, 0.05) is 6.54 Å². The van der Waals surface area contributed by atoms with Crippen LogP contribution >= 0.6 is 0 Å². The van der Waals surface area contributed by atoms with Crippen LogP contribution in [0.15, 0.2) is 0 Å². The Morgan fingerprint density at radius 3 is 1.69 bits per heavy atom. The minimum absolute atomic E-state index is 0.0494. The number of benzene rings is 2. The van der Waals surface area contributed by atoms with Crippen molar-refractivity contribution in [1.82, 2.24) is 10.2 Å². The first kappa shape index (κ1) is 23.0. The molecule has 1 heterocycles. The third-order valence-electron chi connectivity index (χ3n) is 4.96. The monoisotopic (exact) mass is 458 g/mol. The minimum atomic E-state index is -2.84. The molecule has 0 saturated carbocycles. The Balaban J connectivity index is 2.44. The summed E-state index contributed by atoms with van der Waals surface area (Å²) in [7, 11) is 1.46. The zero-order chi connectivity index (χ0) is 24.1. The van der Waals surface area contributed by atoms with E-state index in [-0.39, 0.29) is 13.2 Å². The number of hydrogen-bond acceptors (Lipinski definition) is 14. The summed E-state index contributed by atoms with van der Waals surface area (Å²) in [4.78, 5) is 1.36. The second-order valence-corrected chi connectivity index (χ2v) is 7.27. The van der Waals surface area contributed by atoms with Crippen molar-refractivity contribution in [2.24, 2.45) is 0 Å². The van der Waals surface area contributed by atoms with Gasteiger partial charge in [0.15, 0.2) is 23.0 Å². The zero-order valence-corrected chi connectivity index (χ0v) is 16.5. The van der Waals surface area contributed by atoms with Gasteiger partial charge in [-0.2, -0.15) is 0 Å². The average Bonchev–Trinajstić information content (AvgIpc) is 2.71. The molecule has 14 heteroatoms. The van der Waals surface area contributed by atoms with Gasteiger partial charge in [0.2, 0.25) is 40.4 Å². The molecule has 0 aromatic heterocycles. The van der Waals surface area contributed by atoms with E-state index < -0.39 is 87.1 Å². The normalized spacial score (nSPS) is 19.2. The Morgan fingerprint density at radius 2 is 1.16 bits per heavy atom. The van der Waals surface area contributed by atoms with Crippen LogP contribution in [0.4, 0.5) is 0 Å². The molecule has 32 heavy (non-hydrogen) atoms. The lowest BCUT2D eigenvalue weighted by Gasteiger charge is -2.35. The summed E-state index contributed by atoms with van der Waals surface area (Å²) in [5.74, 6) is -14.7. The van der Waals surface area contributed by atoms with Crippen LogP contribution in [0.25, 0.3) is 0 Å². The van der Waals surface area contributed by atoms with E-state index in [9.17, 15) is 56.2 Å². The number of nitrogens with one attached hydrogen (secondary N) is 1. The molecule has 2 aromatic rings. The molecule has 0 aliphatic carbocycles. The Kier molecular flexibility index (Phi) is 5.56. The summed E-state index contributed by atoms with van der Waals surface area (Å²) in [5.41, 5.74) is -1.65. The molecule has 0 radical (unpaired) electrons. The molecule has 176 valence electrons. The molecular formula is C18H22N2O12. The molecule has 12 N–H and O–H groups in total. The highest BCUT2D eigenvalue weighted by Crippen LogP contribution is 2.59. The molecule has 0 bridgehead atoms. The van der Waals surface area contributed by atoms with Gasteiger partial charge in [-0.05, 0) is 7.05 Å². The fourth-order valence-electron chi connectivity index (χ4n) is 3.41. The van der Waals surface area contributed by atoms with Gasteiger partial charge in [-0.3, -0.25) is 10.2 Å². The number of rotatable bonds is 1. The second kappa shape index (κ2) is 7.76. The first-order chi connectivity index (χ1) is 14.8. The van der Waals surface area contributed by atoms with E-state index in [1.807, 2.05) is 0 Å². The third-order valence-corrected chi connectivity index (χ3v) is 4.96. The summed E-state index contributed by atoms with van der Waals surface area (Å²) in [6.45, 7) is -0.710. The molecule has 3 rings (SSSR count). The van der Waals surface area contributed by atoms with E-state index >= 15 is 0 Å². The van der Waals surface area contributed by atoms with Crippen molar-refractivity contribution in [3.05, 3.63) is 11.1 Å². The highest BCUT2D eigenvalue weighted by molar-refractivity contribution is 5.74. The van der Waals surface area contributed by atoms with Crippen molar-refractivity contribution < 1.29 is 60.9 Å². The Bertz CT molecular complexity index is 1040. The average molecular weight is 458 g/mol. The van der Waals surface area contributed by atoms with E-state index in [0.29, 0.717) is 0 Å². The van der Waals surface area contributed by atoms with Crippen molar-refractivity contribution in [2.45, 2.75) is 12.0 Å². The third kappa shape index (κ3) is 3.60. The predicted molar refractivity (Wildman–Crippen MR) is 103 cm³/mol. The number of phenolic OH excluding ortho intramolecular Hbond substituents is 9. The van der Waals surface area contributed by atoms with Crippen molar-refractivity contribution in [3.63, 3.8) is 0 Å². The van der Waals surface area contributed by atoms with Gasteiger partial charge >= 0.3 is 0 Å². The zero-order valence-electron chi connectivity index (χ0n) is 16.5. The smallest absolute Gasteiger partial charge is 0.236 e. The Morgan fingerprint density at radius 1 is 0.719 bits per heavy atom. The lowest BCUT2D eigenvalue weighted by atomic mass is 9.92. The Hall–Kier alpha value is -3.72. The van der Waals surface area contributed by atoms with Gasteiger partial charge in [0.05, 0.1) is 23.7 Å². The maximum atomic E-state index is 10.5. The van der Waals surface area contributed by atoms with Gasteiger partial charge in [-0.15, -0.1) is 0 Å². The SMILES string of the molecule is CN1CCOc2c(O)c(O)c(O)c(O)c2C(c2c(O)c(O)c(O)c(O)c2O)NC(O)(O)C1. The summed E-state index contributed by atoms with van der Waals surface area (Å²) in [5, 5.41) is 114. The number of likely N-dealkylation sites (N-methyl/N-ethyl adjacent to an activating group) is 1. The van der Waals surface area contributed by atoms with Crippen LogP contribution in [0.2, 0.25) is 0 Å². The molecule has 2 aromatic carbocycles. The van der Waals surface area contributed by atoms with E-state index in [1.54, 1.807) is 0 Å². The quantitative estimate of drug-likeness (QED) is 0.135. The first-order valence-electron chi connectivity index (χ1n) is 9.00. The number of ether oxygens (including phenoxy) is 1. The molecule has 1 aliphatic heterocycles. The van der Waals surface area contributed by atoms with Crippen molar-refractivity contribution in [1.29, 1.82) is 0 Å². The lowest BCUT2D eigenvalue weighted by molar-refractivity contribution is -0.200. The highest BCUT2D eigenvalue weighted by Gasteiger charge is 2.41. The van der Waals surface area contributed by atoms with Gasteiger partial charge in [0.25, 0.3) is 0 Å². The van der Waals surface area contributed by atoms with Gasteiger partial charge < -0.3 is 60.9 Å². The lowest BCUT2D eigenvalue weighted by Crippen LogP contribution is -2.55. The number of phenols is 9. The largest absolute Gasteiger partial charge is 0.504 e. The van der Waals surface area contributed by atoms with Gasteiger partial charge in [0.1, 0.15) is 6.61 Å². The van der Waals surface area contributed by atoms with E-state index in [4.69, 9.17) is 4.74 Å². The van der Waals surface area contributed by atoms with Crippen LogP contribution in [0.5, 0.6) is 57.5 Å². The van der Waals surface area contributed by atoms with Crippen LogP contribution in [-0.4, -0.2) is 93.7 Å². The van der Waals surface area contributed by atoms with E-state index in [0.717, 1.165) is 0 Å². The molecule has 0 fully saturated rings. The predicted octanol–water partition coefficient (Wildman–Crippen LogP) is -1.32. The molecule has 14 nitrogen and oxygen atoms in total. The molecule has 0 spiro atoms. The number of hydrogen-bond donors (Lipinski definition) is 12. The van der Waals surface area contributed by atoms with Crippen LogP contribution in [0, 0.1) is 0 Å². The summed E-state index contributed by atoms with van der Waals surface area (Å²) < 4.78 is 5.40. The summed E-state index contributed by atoms with van der Waals surface area (Å²) in [6, 6.07) is -2.04. The van der Waals surface area contributed by atoms with Crippen LogP contribution < -0.4 is 10.1 Å². The molecule has 0 saturated heterocycles. The highest BCUT2D eigenvalue weighted by atomic mass is 16.5. The van der Waals surface area contributed by atoms with E-state index in [2.05, 4.69) is 5.32 Å². The fourth-order valence-corrected chi connectivity index (χ4v) is 3.41. The topological polar surface area (TPSA) is 247 Å². The number of aliphatic hydroxyl groups is 2. The standard InChI is InChI=1S/C18H22N2O12/c1-20-2-3-32-17-6(10(23)13(26)15(28)16(17)29)7(19-18(30,31)4-20)5-8(21)11(24)14(27)12(25)9(5)22/h7,19,21-31H,2-4H2,1H3. The van der Waals surface area contributed by atoms with Crippen molar-refractivity contribution >= 4 is 0 Å². The maximum Gasteiger partial charge on any atom is 0.236 e. The number of β-amino-alcohol motifs (C(OH)–C–C–N with tert-alkyl or cyclic N) is 2. The summed E-state index contributed by atoms with van der Waals surface area (Å²) in [6.07, 6.45) is 0. The minimum Gasteiger partial charge on any atom is -0.504 e. The van der Waals surface area contributed by atoms with Crippen LogP contribution in [-0.2, 0) is 0 Å². The van der Waals surface area contributed by atoms with Gasteiger partial charge in [-0.25, -0.2) is 0 Å². The molecule has 0 amide bonds. The molecule has 1 atom stereocenters. The molecule has 1 aliphatic rings.